The Hall–Kier alpha value is -1.95. The number of benzene rings is 1. The summed E-state index contributed by atoms with van der Waals surface area (Å²) in [7, 11) is 4.70. The van der Waals surface area contributed by atoms with Gasteiger partial charge in [0.05, 0.1) is 39.5 Å². The fraction of sp³-hybridized carbons (Fsp3) is 0.533. The van der Waals surface area contributed by atoms with Gasteiger partial charge in [-0.3, -0.25) is 4.79 Å². The third kappa shape index (κ3) is 5.15. The lowest BCUT2D eigenvalue weighted by Crippen LogP contribution is -2.24. The van der Waals surface area contributed by atoms with E-state index < -0.39 is 0 Å². The zero-order valence-electron chi connectivity index (χ0n) is 13.0. The van der Waals surface area contributed by atoms with E-state index in [0.29, 0.717) is 43.4 Å². The van der Waals surface area contributed by atoms with Crippen LogP contribution in [-0.4, -0.2) is 40.5 Å². The first-order valence-electron chi connectivity index (χ1n) is 6.79. The van der Waals surface area contributed by atoms with Gasteiger partial charge in [0.15, 0.2) is 0 Å². The van der Waals surface area contributed by atoms with Crippen LogP contribution in [0.1, 0.15) is 18.9 Å². The Morgan fingerprint density at radius 3 is 2.24 bits per heavy atom. The number of ether oxygens (including phenoxy) is 4. The highest BCUT2D eigenvalue weighted by Crippen LogP contribution is 2.34. The van der Waals surface area contributed by atoms with Crippen molar-refractivity contribution in [1.82, 2.24) is 5.32 Å². The number of amides is 1. The van der Waals surface area contributed by atoms with Crippen molar-refractivity contribution >= 4 is 5.91 Å². The molecule has 0 fully saturated rings. The fourth-order valence-corrected chi connectivity index (χ4v) is 1.85. The maximum Gasteiger partial charge on any atom is 0.222 e. The van der Waals surface area contributed by atoms with Crippen molar-refractivity contribution < 1.29 is 23.7 Å². The molecule has 6 heteroatoms. The topological polar surface area (TPSA) is 66.0 Å². The van der Waals surface area contributed by atoms with E-state index in [0.717, 1.165) is 5.56 Å². The fourth-order valence-electron chi connectivity index (χ4n) is 1.85. The normalized spacial score (nSPS) is 10.1. The SMILES string of the molecule is CCOc1cc(OC)c(CNC(=O)CCOC)c(OC)c1. The molecule has 0 spiro atoms. The number of carbonyl (C=O) groups is 1. The molecule has 0 aromatic heterocycles. The predicted octanol–water partition coefficient (Wildman–Crippen LogP) is 1.76. The highest BCUT2D eigenvalue weighted by Gasteiger charge is 2.14. The van der Waals surface area contributed by atoms with Crippen LogP contribution >= 0.6 is 0 Å². The van der Waals surface area contributed by atoms with Gasteiger partial charge in [-0.2, -0.15) is 0 Å². The number of rotatable bonds is 9. The van der Waals surface area contributed by atoms with E-state index in [2.05, 4.69) is 5.32 Å². The summed E-state index contributed by atoms with van der Waals surface area (Å²) in [6.45, 7) is 3.17. The van der Waals surface area contributed by atoms with Gasteiger partial charge in [0.2, 0.25) is 5.91 Å². The number of carbonyl (C=O) groups excluding carboxylic acids is 1. The third-order valence-corrected chi connectivity index (χ3v) is 2.89. The maximum absolute atomic E-state index is 11.6. The molecule has 0 unspecified atom stereocenters. The van der Waals surface area contributed by atoms with Crippen LogP contribution in [0.2, 0.25) is 0 Å². The number of methoxy groups -OCH3 is 3. The van der Waals surface area contributed by atoms with Crippen LogP contribution < -0.4 is 19.5 Å². The molecule has 1 rings (SSSR count). The Bertz CT molecular complexity index is 436. The summed E-state index contributed by atoms with van der Waals surface area (Å²) >= 11 is 0. The molecule has 1 amide bonds. The molecule has 0 heterocycles. The van der Waals surface area contributed by atoms with Crippen molar-refractivity contribution in [3.63, 3.8) is 0 Å². The molecular weight excluding hydrogens is 274 g/mol. The average Bonchev–Trinajstić information content (AvgIpc) is 2.50. The number of hydrogen-bond acceptors (Lipinski definition) is 5. The molecule has 0 bridgehead atoms. The molecule has 1 N–H and O–H groups in total. The second-order valence-corrected chi connectivity index (χ2v) is 4.26. The standard InChI is InChI=1S/C15H23NO5/c1-5-21-11-8-13(19-3)12(14(9-11)20-4)10-16-15(17)6-7-18-2/h8-9H,5-7,10H2,1-4H3,(H,16,17). The minimum absolute atomic E-state index is 0.0881. The van der Waals surface area contributed by atoms with Crippen LogP contribution in [0, 0.1) is 0 Å². The highest BCUT2D eigenvalue weighted by atomic mass is 16.5. The van der Waals surface area contributed by atoms with Gasteiger partial charge in [0.25, 0.3) is 0 Å². The minimum Gasteiger partial charge on any atom is -0.496 e. The van der Waals surface area contributed by atoms with Crippen molar-refractivity contribution in [3.05, 3.63) is 17.7 Å². The van der Waals surface area contributed by atoms with E-state index >= 15 is 0 Å². The summed E-state index contributed by atoms with van der Waals surface area (Å²) in [5, 5.41) is 2.81. The van der Waals surface area contributed by atoms with Crippen LogP contribution in [0.4, 0.5) is 0 Å². The Morgan fingerprint density at radius 2 is 1.76 bits per heavy atom. The summed E-state index contributed by atoms with van der Waals surface area (Å²) in [5.41, 5.74) is 0.772. The lowest BCUT2D eigenvalue weighted by atomic mass is 10.1. The molecule has 0 radical (unpaired) electrons. The van der Waals surface area contributed by atoms with Gasteiger partial charge >= 0.3 is 0 Å². The first-order valence-corrected chi connectivity index (χ1v) is 6.79. The molecule has 118 valence electrons. The summed E-state index contributed by atoms with van der Waals surface area (Å²) in [6.07, 6.45) is 0.318. The molecule has 0 aliphatic heterocycles. The van der Waals surface area contributed by atoms with Gasteiger partial charge in [-0.1, -0.05) is 0 Å². The molecule has 21 heavy (non-hydrogen) atoms. The van der Waals surface area contributed by atoms with E-state index in [1.807, 2.05) is 6.92 Å². The summed E-state index contributed by atoms with van der Waals surface area (Å²) in [4.78, 5) is 11.6. The van der Waals surface area contributed by atoms with Gasteiger partial charge in [0, 0.05) is 25.7 Å². The second-order valence-electron chi connectivity index (χ2n) is 4.26. The highest BCUT2D eigenvalue weighted by molar-refractivity contribution is 5.76. The molecule has 1 aromatic rings. The Balaban J connectivity index is 2.86. The maximum atomic E-state index is 11.6. The van der Waals surface area contributed by atoms with Crippen molar-refractivity contribution in [2.45, 2.75) is 19.9 Å². The van der Waals surface area contributed by atoms with Crippen LogP contribution in [0.3, 0.4) is 0 Å². The van der Waals surface area contributed by atoms with Crippen LogP contribution in [-0.2, 0) is 16.1 Å². The monoisotopic (exact) mass is 297 g/mol. The van der Waals surface area contributed by atoms with Gasteiger partial charge in [-0.05, 0) is 6.92 Å². The summed E-state index contributed by atoms with van der Waals surface area (Å²) in [5.74, 6) is 1.81. The van der Waals surface area contributed by atoms with Gasteiger partial charge < -0.3 is 24.3 Å². The molecule has 0 saturated carbocycles. The zero-order valence-corrected chi connectivity index (χ0v) is 13.0. The largest absolute Gasteiger partial charge is 0.496 e. The zero-order chi connectivity index (χ0) is 15.7. The van der Waals surface area contributed by atoms with Crippen LogP contribution in [0.15, 0.2) is 12.1 Å². The van der Waals surface area contributed by atoms with Gasteiger partial charge in [0.1, 0.15) is 17.2 Å². The van der Waals surface area contributed by atoms with Gasteiger partial charge in [-0.25, -0.2) is 0 Å². The van der Waals surface area contributed by atoms with Crippen molar-refractivity contribution in [1.29, 1.82) is 0 Å². The minimum atomic E-state index is -0.0881. The Labute approximate surface area is 125 Å². The number of nitrogens with one attached hydrogen (secondary N) is 1. The van der Waals surface area contributed by atoms with Crippen LogP contribution in [0.25, 0.3) is 0 Å². The average molecular weight is 297 g/mol. The molecule has 0 atom stereocenters. The Kier molecular flexibility index (Phi) is 7.39. The molecule has 1 aromatic carbocycles. The predicted molar refractivity (Wildman–Crippen MR) is 79.1 cm³/mol. The smallest absolute Gasteiger partial charge is 0.222 e. The molecule has 0 aliphatic rings. The van der Waals surface area contributed by atoms with Crippen molar-refractivity contribution in [3.8, 4) is 17.2 Å². The molecule has 0 saturated heterocycles. The van der Waals surface area contributed by atoms with E-state index in [4.69, 9.17) is 18.9 Å². The Morgan fingerprint density at radius 1 is 1.14 bits per heavy atom. The molecule has 0 aliphatic carbocycles. The van der Waals surface area contributed by atoms with E-state index in [1.165, 1.54) is 0 Å². The van der Waals surface area contributed by atoms with Crippen molar-refractivity contribution in [2.75, 3.05) is 34.5 Å². The lowest BCUT2D eigenvalue weighted by molar-refractivity contribution is -0.122. The van der Waals surface area contributed by atoms with Crippen molar-refractivity contribution in [2.24, 2.45) is 0 Å². The molecule has 6 nitrogen and oxygen atoms in total. The number of hydrogen-bond donors (Lipinski definition) is 1. The van der Waals surface area contributed by atoms with Crippen LogP contribution in [0.5, 0.6) is 17.2 Å². The summed E-state index contributed by atoms with van der Waals surface area (Å²) < 4.78 is 21.0. The van der Waals surface area contributed by atoms with E-state index in [1.54, 1.807) is 33.5 Å². The second kappa shape index (κ2) is 9.07. The van der Waals surface area contributed by atoms with E-state index in [-0.39, 0.29) is 5.91 Å². The first-order chi connectivity index (χ1) is 10.2. The van der Waals surface area contributed by atoms with Gasteiger partial charge in [-0.15, -0.1) is 0 Å². The first kappa shape index (κ1) is 17.1. The quantitative estimate of drug-likeness (QED) is 0.752. The molecular formula is C15H23NO5. The lowest BCUT2D eigenvalue weighted by Gasteiger charge is -2.16. The van der Waals surface area contributed by atoms with E-state index in [9.17, 15) is 4.79 Å². The third-order valence-electron chi connectivity index (χ3n) is 2.89. The summed E-state index contributed by atoms with van der Waals surface area (Å²) in [6, 6.07) is 3.56.